The van der Waals surface area contributed by atoms with Crippen LogP contribution in [0.1, 0.15) is 24.2 Å². The summed E-state index contributed by atoms with van der Waals surface area (Å²) >= 11 is 0. The maximum absolute atomic E-state index is 12.5. The average molecular weight is 410 g/mol. The van der Waals surface area contributed by atoms with Crippen molar-refractivity contribution in [1.29, 1.82) is 0 Å². The molecule has 0 radical (unpaired) electrons. The van der Waals surface area contributed by atoms with E-state index in [4.69, 9.17) is 9.47 Å². The molecule has 158 valence electrons. The van der Waals surface area contributed by atoms with Gasteiger partial charge in [-0.2, -0.15) is 0 Å². The molecule has 0 saturated heterocycles. The number of likely N-dealkylation sites (N-methyl/N-ethyl adjacent to an activating group) is 1. The van der Waals surface area contributed by atoms with Crippen molar-refractivity contribution in [2.24, 2.45) is 0 Å². The van der Waals surface area contributed by atoms with Crippen LogP contribution in [-0.2, 0) is 19.1 Å². The van der Waals surface area contributed by atoms with Gasteiger partial charge >= 0.3 is 5.97 Å². The van der Waals surface area contributed by atoms with Crippen LogP contribution < -0.4 is 10.1 Å². The second-order valence-corrected chi connectivity index (χ2v) is 6.80. The van der Waals surface area contributed by atoms with Gasteiger partial charge in [-0.15, -0.1) is 0 Å². The molecule has 0 spiro atoms. The van der Waals surface area contributed by atoms with Gasteiger partial charge in [0, 0.05) is 25.7 Å². The molecule has 0 aliphatic heterocycles. The number of hydrogen-bond donors (Lipinski definition) is 1. The lowest BCUT2D eigenvalue weighted by Gasteiger charge is -2.23. The summed E-state index contributed by atoms with van der Waals surface area (Å²) in [5.41, 5.74) is 1.37. The van der Waals surface area contributed by atoms with Crippen LogP contribution in [0.5, 0.6) is 5.75 Å². The molecule has 2 aromatic rings. The van der Waals surface area contributed by atoms with Crippen molar-refractivity contribution in [3.63, 3.8) is 0 Å². The number of rotatable bonds is 8. The van der Waals surface area contributed by atoms with Crippen molar-refractivity contribution in [3.05, 3.63) is 71.8 Å². The van der Waals surface area contributed by atoms with E-state index in [0.29, 0.717) is 11.3 Å². The lowest BCUT2D eigenvalue weighted by molar-refractivity contribution is -0.161. The van der Waals surface area contributed by atoms with Crippen LogP contribution in [0.25, 0.3) is 6.08 Å². The predicted molar refractivity (Wildman–Crippen MR) is 114 cm³/mol. The minimum atomic E-state index is -1.08. The Morgan fingerprint density at radius 1 is 1.00 bits per heavy atom. The predicted octanol–water partition coefficient (Wildman–Crippen LogP) is 2.59. The molecule has 2 amide bonds. The zero-order valence-electron chi connectivity index (χ0n) is 17.5. The van der Waals surface area contributed by atoms with Crippen LogP contribution in [0.3, 0.4) is 0 Å². The summed E-state index contributed by atoms with van der Waals surface area (Å²) in [6, 6.07) is 15.0. The first-order valence-electron chi connectivity index (χ1n) is 9.41. The highest BCUT2D eigenvalue weighted by atomic mass is 16.5. The number of carbonyl (C=O) groups is 3. The average Bonchev–Trinajstić information content (AvgIpc) is 2.76. The van der Waals surface area contributed by atoms with Gasteiger partial charge in [-0.3, -0.25) is 9.59 Å². The minimum Gasteiger partial charge on any atom is -0.497 e. The Kier molecular flexibility index (Phi) is 8.17. The standard InChI is InChI=1S/C23H26N2O5/c1-16(24-20(26)15-12-17-10-13-19(29-4)14-11-17)23(28)30-21(22(27)25(2)3)18-8-6-5-7-9-18/h5-16,21H,1-4H3,(H,24,26)/b15-12+/t16-,21+/m0/s1. The van der Waals surface area contributed by atoms with Gasteiger partial charge in [0.05, 0.1) is 7.11 Å². The molecule has 0 aliphatic rings. The quantitative estimate of drug-likeness (QED) is 0.534. The fourth-order valence-electron chi connectivity index (χ4n) is 2.55. The first-order valence-corrected chi connectivity index (χ1v) is 9.41. The Balaban J connectivity index is 1.99. The van der Waals surface area contributed by atoms with Crippen molar-refractivity contribution in [2.45, 2.75) is 19.1 Å². The molecular formula is C23H26N2O5. The molecule has 7 nitrogen and oxygen atoms in total. The lowest BCUT2D eigenvalue weighted by atomic mass is 10.1. The van der Waals surface area contributed by atoms with Gasteiger partial charge in [0.25, 0.3) is 5.91 Å². The van der Waals surface area contributed by atoms with Crippen LogP contribution in [0.4, 0.5) is 0 Å². The summed E-state index contributed by atoms with van der Waals surface area (Å²) in [4.78, 5) is 38.5. The summed E-state index contributed by atoms with van der Waals surface area (Å²) in [5, 5.41) is 2.55. The molecular weight excluding hydrogens is 384 g/mol. The number of benzene rings is 2. The second kappa shape index (κ2) is 10.8. The summed E-state index contributed by atoms with van der Waals surface area (Å²) in [6.45, 7) is 1.50. The zero-order valence-corrected chi connectivity index (χ0v) is 17.5. The monoisotopic (exact) mass is 410 g/mol. The van der Waals surface area contributed by atoms with Gasteiger partial charge in [0.15, 0.2) is 0 Å². The summed E-state index contributed by atoms with van der Waals surface area (Å²) in [7, 11) is 4.75. The van der Waals surface area contributed by atoms with Gasteiger partial charge in [-0.1, -0.05) is 42.5 Å². The maximum atomic E-state index is 12.5. The van der Waals surface area contributed by atoms with Crippen molar-refractivity contribution < 1.29 is 23.9 Å². The molecule has 0 heterocycles. The van der Waals surface area contributed by atoms with E-state index in [1.165, 1.54) is 17.9 Å². The van der Waals surface area contributed by atoms with Crippen LogP contribution >= 0.6 is 0 Å². The highest BCUT2D eigenvalue weighted by Crippen LogP contribution is 2.20. The molecule has 0 unspecified atom stereocenters. The SMILES string of the molecule is COc1ccc(/C=C/C(=O)N[C@@H](C)C(=O)O[C@@H](C(=O)N(C)C)c2ccccc2)cc1. The molecule has 0 aromatic heterocycles. The second-order valence-electron chi connectivity index (χ2n) is 6.80. The first kappa shape index (κ1) is 22.7. The van der Waals surface area contributed by atoms with E-state index in [9.17, 15) is 14.4 Å². The van der Waals surface area contributed by atoms with E-state index in [1.807, 2.05) is 0 Å². The summed E-state index contributed by atoms with van der Waals surface area (Å²) in [6.07, 6.45) is 1.86. The third-order valence-electron chi connectivity index (χ3n) is 4.26. The highest BCUT2D eigenvalue weighted by molar-refractivity contribution is 5.95. The van der Waals surface area contributed by atoms with E-state index in [2.05, 4.69) is 5.32 Å². The Bertz CT molecular complexity index is 892. The lowest BCUT2D eigenvalue weighted by Crippen LogP contribution is -2.41. The fourth-order valence-corrected chi connectivity index (χ4v) is 2.55. The van der Waals surface area contributed by atoms with Crippen LogP contribution in [0, 0.1) is 0 Å². The molecule has 0 saturated carbocycles. The van der Waals surface area contributed by atoms with Crippen LogP contribution in [0.15, 0.2) is 60.7 Å². The van der Waals surface area contributed by atoms with Gasteiger partial charge < -0.3 is 19.7 Å². The number of amides is 2. The minimum absolute atomic E-state index is 0.368. The van der Waals surface area contributed by atoms with E-state index in [1.54, 1.807) is 81.9 Å². The van der Waals surface area contributed by atoms with Crippen LogP contribution in [-0.4, -0.2) is 49.9 Å². The molecule has 0 bridgehead atoms. The number of nitrogens with one attached hydrogen (secondary N) is 1. The maximum Gasteiger partial charge on any atom is 0.329 e. The topological polar surface area (TPSA) is 84.9 Å². The van der Waals surface area contributed by atoms with Crippen LogP contribution in [0.2, 0.25) is 0 Å². The van der Waals surface area contributed by atoms with Gasteiger partial charge in [-0.05, 0) is 30.7 Å². The fraction of sp³-hybridized carbons (Fsp3) is 0.261. The number of esters is 1. The zero-order chi connectivity index (χ0) is 22.1. The Morgan fingerprint density at radius 3 is 2.20 bits per heavy atom. The number of carbonyl (C=O) groups excluding carboxylic acids is 3. The Morgan fingerprint density at radius 2 is 1.63 bits per heavy atom. The third-order valence-corrected chi connectivity index (χ3v) is 4.26. The van der Waals surface area contributed by atoms with Gasteiger partial charge in [0.1, 0.15) is 11.8 Å². The third kappa shape index (κ3) is 6.48. The summed E-state index contributed by atoms with van der Waals surface area (Å²) in [5.74, 6) is -0.809. The van der Waals surface area contributed by atoms with Gasteiger partial charge in [-0.25, -0.2) is 4.79 Å². The smallest absolute Gasteiger partial charge is 0.329 e. The van der Waals surface area contributed by atoms with Gasteiger partial charge in [0.2, 0.25) is 12.0 Å². The number of methoxy groups -OCH3 is 1. The van der Waals surface area contributed by atoms with Crippen molar-refractivity contribution >= 4 is 23.9 Å². The molecule has 2 aromatic carbocycles. The molecule has 0 fully saturated rings. The molecule has 2 atom stereocenters. The highest BCUT2D eigenvalue weighted by Gasteiger charge is 2.28. The first-order chi connectivity index (χ1) is 14.3. The van der Waals surface area contributed by atoms with E-state index >= 15 is 0 Å². The molecule has 2 rings (SSSR count). The molecule has 7 heteroatoms. The van der Waals surface area contributed by atoms with Crippen molar-refractivity contribution in [1.82, 2.24) is 10.2 Å². The molecule has 1 N–H and O–H groups in total. The van der Waals surface area contributed by atoms with E-state index < -0.39 is 24.0 Å². The largest absolute Gasteiger partial charge is 0.497 e. The number of ether oxygens (including phenoxy) is 2. The van der Waals surface area contributed by atoms with E-state index in [-0.39, 0.29) is 5.91 Å². The summed E-state index contributed by atoms with van der Waals surface area (Å²) < 4.78 is 10.5. The molecule has 30 heavy (non-hydrogen) atoms. The van der Waals surface area contributed by atoms with Crippen molar-refractivity contribution in [2.75, 3.05) is 21.2 Å². The number of nitrogens with zero attached hydrogens (tertiary/aromatic N) is 1. The Labute approximate surface area is 176 Å². The van der Waals surface area contributed by atoms with Crippen molar-refractivity contribution in [3.8, 4) is 5.75 Å². The van der Waals surface area contributed by atoms with E-state index in [0.717, 1.165) is 5.56 Å². The number of hydrogen-bond acceptors (Lipinski definition) is 5. The Hall–Kier alpha value is -3.61. The molecule has 0 aliphatic carbocycles. The normalized spacial score (nSPS) is 12.7.